The summed E-state index contributed by atoms with van der Waals surface area (Å²) >= 11 is 0. The van der Waals surface area contributed by atoms with Crippen LogP contribution in [0.15, 0.2) is 10.6 Å². The second-order valence-corrected chi connectivity index (χ2v) is 6.66. The summed E-state index contributed by atoms with van der Waals surface area (Å²) in [5.74, 6) is -0.0604. The molecule has 1 aromatic rings. The largest absolute Gasteiger partial charge is 0.481 e. The fraction of sp³-hybridized carbons (Fsp3) is 0.667. The molecule has 6 heteroatoms. The number of piperidine rings is 1. The second kappa shape index (κ2) is 5.87. The summed E-state index contributed by atoms with van der Waals surface area (Å²) in [5, 5.41) is 12.7. The summed E-state index contributed by atoms with van der Waals surface area (Å²) in [4.78, 5) is 24.8. The van der Waals surface area contributed by atoms with Gasteiger partial charge in [0.25, 0.3) is 5.91 Å². The fourth-order valence-corrected chi connectivity index (χ4v) is 2.48. The van der Waals surface area contributed by atoms with Crippen LogP contribution in [0.5, 0.6) is 0 Å². The maximum atomic E-state index is 12.4. The summed E-state index contributed by atoms with van der Waals surface area (Å²) in [5.41, 5.74) is 0.150. The predicted molar refractivity (Wildman–Crippen MR) is 76.1 cm³/mol. The van der Waals surface area contributed by atoms with Crippen LogP contribution in [-0.4, -0.2) is 40.1 Å². The molecule has 1 aliphatic heterocycles. The van der Waals surface area contributed by atoms with Crippen LogP contribution in [-0.2, 0) is 10.2 Å². The van der Waals surface area contributed by atoms with Crippen molar-refractivity contribution in [2.75, 3.05) is 13.1 Å². The number of aromatic nitrogens is 1. The van der Waals surface area contributed by atoms with Gasteiger partial charge in [0.15, 0.2) is 5.69 Å². The molecule has 6 nitrogen and oxygen atoms in total. The van der Waals surface area contributed by atoms with Crippen LogP contribution < -0.4 is 0 Å². The molecule has 0 bridgehead atoms. The van der Waals surface area contributed by atoms with Crippen molar-refractivity contribution in [2.45, 2.75) is 45.4 Å². The highest BCUT2D eigenvalue weighted by Gasteiger charge is 2.28. The van der Waals surface area contributed by atoms with Crippen LogP contribution >= 0.6 is 0 Å². The zero-order chi connectivity index (χ0) is 15.6. The topological polar surface area (TPSA) is 83.6 Å². The number of aliphatic carboxylic acids is 1. The number of amides is 1. The highest BCUT2D eigenvalue weighted by molar-refractivity contribution is 5.92. The smallest absolute Gasteiger partial charge is 0.303 e. The van der Waals surface area contributed by atoms with Crippen LogP contribution in [0.25, 0.3) is 0 Å². The predicted octanol–water partition coefficient (Wildman–Crippen LogP) is 2.30. The summed E-state index contributed by atoms with van der Waals surface area (Å²) in [7, 11) is 0. The summed E-state index contributed by atoms with van der Waals surface area (Å²) in [6.07, 6.45) is 1.63. The molecule has 1 saturated heterocycles. The molecular weight excluding hydrogens is 272 g/mol. The van der Waals surface area contributed by atoms with E-state index in [-0.39, 0.29) is 23.7 Å². The average molecular weight is 294 g/mol. The van der Waals surface area contributed by atoms with Crippen LogP contribution in [0.3, 0.4) is 0 Å². The Balaban J connectivity index is 1.96. The van der Waals surface area contributed by atoms with Gasteiger partial charge in [-0.3, -0.25) is 9.59 Å². The van der Waals surface area contributed by atoms with E-state index in [1.165, 1.54) is 0 Å². The molecule has 0 aliphatic carbocycles. The van der Waals surface area contributed by atoms with Crippen molar-refractivity contribution in [1.82, 2.24) is 10.1 Å². The van der Waals surface area contributed by atoms with E-state index in [1.54, 1.807) is 11.0 Å². The minimum absolute atomic E-state index is 0.136. The third-order valence-corrected chi connectivity index (χ3v) is 3.83. The Bertz CT molecular complexity index is 522. The van der Waals surface area contributed by atoms with Crippen molar-refractivity contribution in [2.24, 2.45) is 5.92 Å². The first-order valence-electron chi connectivity index (χ1n) is 7.25. The molecule has 1 aliphatic rings. The molecule has 0 spiro atoms. The molecule has 0 radical (unpaired) electrons. The standard InChI is InChI=1S/C15H22N2O4/c1-15(2,3)12-9-11(16-21-12)14(20)17-6-4-10(5-7-17)8-13(18)19/h9-10H,4-8H2,1-3H3,(H,18,19). The molecule has 0 atom stereocenters. The maximum Gasteiger partial charge on any atom is 0.303 e. The van der Waals surface area contributed by atoms with Gasteiger partial charge in [0.1, 0.15) is 5.76 Å². The van der Waals surface area contributed by atoms with Crippen molar-refractivity contribution in [3.8, 4) is 0 Å². The number of hydrogen-bond acceptors (Lipinski definition) is 4. The van der Waals surface area contributed by atoms with Gasteiger partial charge < -0.3 is 14.5 Å². The van der Waals surface area contributed by atoms with Gasteiger partial charge in [-0.1, -0.05) is 25.9 Å². The number of carboxylic acids is 1. The molecule has 0 saturated carbocycles. The Morgan fingerprint density at radius 1 is 1.38 bits per heavy atom. The Kier molecular flexibility index (Phi) is 4.34. The summed E-state index contributed by atoms with van der Waals surface area (Å²) in [6, 6.07) is 1.70. The normalized spacial score (nSPS) is 17.0. The number of carbonyl (C=O) groups is 2. The molecule has 1 aromatic heterocycles. The van der Waals surface area contributed by atoms with E-state index in [1.807, 2.05) is 20.8 Å². The van der Waals surface area contributed by atoms with Crippen LogP contribution in [0.2, 0.25) is 0 Å². The number of carboxylic acid groups (broad SMARTS) is 1. The Morgan fingerprint density at radius 2 is 2.00 bits per heavy atom. The minimum atomic E-state index is -0.772. The number of rotatable bonds is 3. The molecule has 2 heterocycles. The summed E-state index contributed by atoms with van der Waals surface area (Å²) < 4.78 is 5.24. The van der Waals surface area contributed by atoms with Crippen LogP contribution in [0.4, 0.5) is 0 Å². The van der Waals surface area contributed by atoms with E-state index in [2.05, 4.69) is 5.16 Å². The van der Waals surface area contributed by atoms with Gasteiger partial charge in [0.2, 0.25) is 0 Å². The van der Waals surface area contributed by atoms with Gasteiger partial charge in [-0.15, -0.1) is 0 Å². The molecular formula is C15H22N2O4. The van der Waals surface area contributed by atoms with E-state index in [0.29, 0.717) is 24.5 Å². The van der Waals surface area contributed by atoms with E-state index >= 15 is 0 Å². The van der Waals surface area contributed by atoms with Gasteiger partial charge in [0, 0.05) is 31.0 Å². The van der Waals surface area contributed by atoms with Gasteiger partial charge in [-0.2, -0.15) is 0 Å². The third kappa shape index (κ3) is 3.83. The van der Waals surface area contributed by atoms with Gasteiger partial charge in [0.05, 0.1) is 0 Å². The first kappa shape index (κ1) is 15.5. The lowest BCUT2D eigenvalue weighted by atomic mass is 9.92. The molecule has 116 valence electrons. The first-order chi connectivity index (χ1) is 9.77. The molecule has 21 heavy (non-hydrogen) atoms. The highest BCUT2D eigenvalue weighted by Crippen LogP contribution is 2.25. The Hall–Kier alpha value is -1.85. The van der Waals surface area contributed by atoms with Crippen LogP contribution in [0, 0.1) is 5.92 Å². The minimum Gasteiger partial charge on any atom is -0.481 e. The van der Waals surface area contributed by atoms with Crippen molar-refractivity contribution >= 4 is 11.9 Å². The number of nitrogens with zero attached hydrogens (tertiary/aromatic N) is 2. The van der Waals surface area contributed by atoms with E-state index < -0.39 is 5.97 Å². The Morgan fingerprint density at radius 3 is 2.48 bits per heavy atom. The fourth-order valence-electron chi connectivity index (χ4n) is 2.48. The number of carbonyl (C=O) groups excluding carboxylic acids is 1. The summed E-state index contributed by atoms with van der Waals surface area (Å²) in [6.45, 7) is 7.15. The SMILES string of the molecule is CC(C)(C)c1cc(C(=O)N2CCC(CC(=O)O)CC2)no1. The first-order valence-corrected chi connectivity index (χ1v) is 7.25. The monoisotopic (exact) mass is 294 g/mol. The Labute approximate surface area is 124 Å². The van der Waals surface area contributed by atoms with Gasteiger partial charge >= 0.3 is 5.97 Å². The van der Waals surface area contributed by atoms with Gasteiger partial charge in [-0.05, 0) is 18.8 Å². The van der Waals surface area contributed by atoms with Gasteiger partial charge in [-0.25, -0.2) is 0 Å². The molecule has 2 rings (SSSR count). The molecule has 0 unspecified atom stereocenters. The number of hydrogen-bond donors (Lipinski definition) is 1. The third-order valence-electron chi connectivity index (χ3n) is 3.83. The lowest BCUT2D eigenvalue weighted by Gasteiger charge is -2.30. The zero-order valence-electron chi connectivity index (χ0n) is 12.8. The van der Waals surface area contributed by atoms with Crippen molar-refractivity contribution in [1.29, 1.82) is 0 Å². The number of likely N-dealkylation sites (tertiary alicyclic amines) is 1. The van der Waals surface area contributed by atoms with Crippen molar-refractivity contribution in [3.05, 3.63) is 17.5 Å². The lowest BCUT2D eigenvalue weighted by Crippen LogP contribution is -2.39. The van der Waals surface area contributed by atoms with Crippen molar-refractivity contribution < 1.29 is 19.2 Å². The molecule has 1 N–H and O–H groups in total. The lowest BCUT2D eigenvalue weighted by molar-refractivity contribution is -0.138. The second-order valence-electron chi connectivity index (χ2n) is 6.66. The van der Waals surface area contributed by atoms with Crippen LogP contribution in [0.1, 0.15) is 56.3 Å². The van der Waals surface area contributed by atoms with E-state index in [0.717, 1.165) is 12.8 Å². The molecule has 0 aromatic carbocycles. The molecule has 1 amide bonds. The van der Waals surface area contributed by atoms with E-state index in [4.69, 9.17) is 9.63 Å². The van der Waals surface area contributed by atoms with E-state index in [9.17, 15) is 9.59 Å². The molecule has 1 fully saturated rings. The zero-order valence-corrected chi connectivity index (χ0v) is 12.8. The maximum absolute atomic E-state index is 12.4. The van der Waals surface area contributed by atoms with Crippen molar-refractivity contribution in [3.63, 3.8) is 0 Å². The average Bonchev–Trinajstić information content (AvgIpc) is 2.87. The quantitative estimate of drug-likeness (QED) is 0.924. The highest BCUT2D eigenvalue weighted by atomic mass is 16.5.